The van der Waals surface area contributed by atoms with Crippen molar-refractivity contribution < 1.29 is 19.4 Å². The zero-order valence-electron chi connectivity index (χ0n) is 16.7. The number of urea groups is 1. The van der Waals surface area contributed by atoms with Crippen LogP contribution in [0.15, 0.2) is 66.7 Å². The van der Waals surface area contributed by atoms with E-state index in [-0.39, 0.29) is 5.91 Å². The fraction of sp³-hybridized carbons (Fsp3) is 0.304. The molecule has 6 nitrogen and oxygen atoms in total. The molecule has 0 unspecified atom stereocenters. The van der Waals surface area contributed by atoms with Crippen molar-refractivity contribution in [1.29, 1.82) is 0 Å². The van der Waals surface area contributed by atoms with Gasteiger partial charge in [-0.05, 0) is 17.2 Å². The number of benzene rings is 2. The van der Waals surface area contributed by atoms with Crippen LogP contribution in [0.5, 0.6) is 0 Å². The van der Waals surface area contributed by atoms with Gasteiger partial charge in [-0.15, -0.1) is 0 Å². The molecule has 1 fully saturated rings. The Labute approximate surface area is 172 Å². The topological polar surface area (TPSA) is 67.1 Å². The van der Waals surface area contributed by atoms with Crippen LogP contribution in [0.3, 0.4) is 0 Å². The molecule has 2 aromatic rings. The van der Waals surface area contributed by atoms with E-state index in [1.165, 1.54) is 15.4 Å². The van der Waals surface area contributed by atoms with Crippen LogP contribution in [0.4, 0.5) is 4.79 Å². The summed E-state index contributed by atoms with van der Waals surface area (Å²) in [6.45, 7) is 5.68. The lowest BCUT2D eigenvalue weighted by Crippen LogP contribution is -3.28. The van der Waals surface area contributed by atoms with Gasteiger partial charge < -0.3 is 15.1 Å². The van der Waals surface area contributed by atoms with Gasteiger partial charge in [-0.25, -0.2) is 4.79 Å². The third kappa shape index (κ3) is 7.52. The Balaban J connectivity index is 1.31. The molecule has 6 heteroatoms. The third-order valence-corrected chi connectivity index (χ3v) is 5.14. The Hall–Kier alpha value is -2.96. The summed E-state index contributed by atoms with van der Waals surface area (Å²) >= 11 is 0. The van der Waals surface area contributed by atoms with Crippen molar-refractivity contribution in [2.75, 3.05) is 39.3 Å². The maximum Gasteiger partial charge on any atom is 0.321 e. The Morgan fingerprint density at radius 2 is 1.48 bits per heavy atom. The Kier molecular flexibility index (Phi) is 7.98. The highest BCUT2D eigenvalue weighted by atomic mass is 16.2. The van der Waals surface area contributed by atoms with E-state index in [1.54, 1.807) is 0 Å². The molecule has 4 N–H and O–H groups in total. The highest BCUT2D eigenvalue weighted by Gasteiger charge is 2.24. The van der Waals surface area contributed by atoms with E-state index < -0.39 is 6.03 Å². The van der Waals surface area contributed by atoms with E-state index in [0.29, 0.717) is 13.1 Å². The van der Waals surface area contributed by atoms with Gasteiger partial charge in [-0.1, -0.05) is 66.7 Å². The fourth-order valence-electron chi connectivity index (χ4n) is 3.48. The molecule has 0 radical (unpaired) electrons. The summed E-state index contributed by atoms with van der Waals surface area (Å²) in [4.78, 5) is 26.8. The summed E-state index contributed by atoms with van der Waals surface area (Å²) < 4.78 is 0. The quantitative estimate of drug-likeness (QED) is 0.512. The lowest BCUT2D eigenvalue weighted by molar-refractivity contribution is -1.01. The first-order valence-electron chi connectivity index (χ1n) is 10.2. The molecule has 1 aliphatic rings. The third-order valence-electron chi connectivity index (χ3n) is 5.14. The number of hydrogen-bond donors (Lipinski definition) is 4. The molecule has 0 aliphatic carbocycles. The number of nitrogens with one attached hydrogen (secondary N) is 4. The van der Waals surface area contributed by atoms with E-state index >= 15 is 0 Å². The van der Waals surface area contributed by atoms with Crippen molar-refractivity contribution in [2.24, 2.45) is 0 Å². The van der Waals surface area contributed by atoms with Gasteiger partial charge in [-0.3, -0.25) is 10.1 Å². The van der Waals surface area contributed by atoms with Gasteiger partial charge in [0, 0.05) is 6.54 Å². The van der Waals surface area contributed by atoms with Gasteiger partial charge in [0.25, 0.3) is 5.91 Å². The lowest BCUT2D eigenvalue weighted by atomic mass is 10.2. The second kappa shape index (κ2) is 11.1. The molecule has 2 aromatic carbocycles. The second-order valence-corrected chi connectivity index (χ2v) is 7.41. The van der Waals surface area contributed by atoms with Crippen molar-refractivity contribution in [2.45, 2.75) is 6.54 Å². The summed E-state index contributed by atoms with van der Waals surface area (Å²) in [7, 11) is 0. The number of amides is 3. The summed E-state index contributed by atoms with van der Waals surface area (Å²) in [6, 6.07) is 19.5. The average Bonchev–Trinajstić information content (AvgIpc) is 2.75. The summed E-state index contributed by atoms with van der Waals surface area (Å²) in [5.74, 6) is -0.224. The Morgan fingerprint density at radius 1 is 0.862 bits per heavy atom. The van der Waals surface area contributed by atoms with Crippen LogP contribution in [-0.4, -0.2) is 51.2 Å². The van der Waals surface area contributed by atoms with Gasteiger partial charge in [0.1, 0.15) is 26.2 Å². The SMILES string of the molecule is O=C(C[NH+]1CC[NH+](C/C=C/c2ccccc2)CC1)NC(=O)NCc1ccccc1. The van der Waals surface area contributed by atoms with Crippen LogP contribution >= 0.6 is 0 Å². The lowest BCUT2D eigenvalue weighted by Gasteiger charge is -2.28. The highest BCUT2D eigenvalue weighted by Crippen LogP contribution is 1.99. The first kappa shape index (κ1) is 20.8. The van der Waals surface area contributed by atoms with Crippen molar-refractivity contribution >= 4 is 18.0 Å². The van der Waals surface area contributed by atoms with Crippen LogP contribution in [-0.2, 0) is 11.3 Å². The molecule has 0 saturated carbocycles. The number of hydrogen-bond acceptors (Lipinski definition) is 2. The van der Waals surface area contributed by atoms with E-state index in [1.807, 2.05) is 48.5 Å². The van der Waals surface area contributed by atoms with Crippen LogP contribution < -0.4 is 20.4 Å². The molecule has 152 valence electrons. The number of quaternary nitrogens is 2. The minimum absolute atomic E-state index is 0.224. The average molecular weight is 395 g/mol. The molecule has 29 heavy (non-hydrogen) atoms. The molecule has 1 aliphatic heterocycles. The molecule has 0 bridgehead atoms. The summed E-state index contributed by atoms with van der Waals surface area (Å²) in [5, 5.41) is 5.15. The number of rotatable bonds is 7. The molecule has 3 rings (SSSR count). The molecule has 0 atom stereocenters. The van der Waals surface area contributed by atoms with Gasteiger partial charge in [0.05, 0.1) is 6.54 Å². The first-order chi connectivity index (χ1) is 14.2. The predicted octanol–water partition coefficient (Wildman–Crippen LogP) is -0.491. The summed E-state index contributed by atoms with van der Waals surface area (Å²) in [6.07, 6.45) is 4.38. The molecule has 0 aromatic heterocycles. The van der Waals surface area contributed by atoms with E-state index in [0.717, 1.165) is 38.3 Å². The minimum atomic E-state index is -0.437. The van der Waals surface area contributed by atoms with E-state index in [2.05, 4.69) is 34.9 Å². The normalized spacial score (nSPS) is 19.0. The summed E-state index contributed by atoms with van der Waals surface area (Å²) in [5.41, 5.74) is 2.22. The molecule has 0 spiro atoms. The molecule has 1 saturated heterocycles. The van der Waals surface area contributed by atoms with Gasteiger partial charge in [0.2, 0.25) is 0 Å². The number of carbonyl (C=O) groups excluding carboxylic acids is 2. The zero-order valence-corrected chi connectivity index (χ0v) is 16.7. The maximum absolute atomic E-state index is 12.1. The Morgan fingerprint density at radius 3 is 2.17 bits per heavy atom. The maximum atomic E-state index is 12.1. The van der Waals surface area contributed by atoms with Crippen molar-refractivity contribution in [1.82, 2.24) is 10.6 Å². The van der Waals surface area contributed by atoms with E-state index in [4.69, 9.17) is 0 Å². The minimum Gasteiger partial charge on any atom is -0.334 e. The largest absolute Gasteiger partial charge is 0.334 e. The van der Waals surface area contributed by atoms with Crippen LogP contribution in [0.1, 0.15) is 11.1 Å². The van der Waals surface area contributed by atoms with Crippen LogP contribution in [0.25, 0.3) is 6.08 Å². The van der Waals surface area contributed by atoms with Crippen LogP contribution in [0.2, 0.25) is 0 Å². The highest BCUT2D eigenvalue weighted by molar-refractivity contribution is 5.94. The van der Waals surface area contributed by atoms with Crippen LogP contribution in [0, 0.1) is 0 Å². The predicted molar refractivity (Wildman–Crippen MR) is 113 cm³/mol. The second-order valence-electron chi connectivity index (χ2n) is 7.41. The van der Waals surface area contributed by atoms with E-state index in [9.17, 15) is 9.59 Å². The number of imide groups is 1. The van der Waals surface area contributed by atoms with Crippen molar-refractivity contribution in [3.8, 4) is 0 Å². The molecule has 3 amide bonds. The standard InChI is InChI=1S/C23H28N4O2/c28-22(25-23(29)24-18-21-10-5-2-6-11-21)19-27-16-14-26(15-17-27)13-7-12-20-8-3-1-4-9-20/h1-12H,13-19H2,(H2,24,25,28,29)/p+2/b12-7+. The zero-order chi connectivity index (χ0) is 20.3. The van der Waals surface area contributed by atoms with Gasteiger partial charge >= 0.3 is 6.03 Å². The van der Waals surface area contributed by atoms with Crippen molar-refractivity contribution in [3.05, 3.63) is 77.9 Å². The van der Waals surface area contributed by atoms with Crippen molar-refractivity contribution in [3.63, 3.8) is 0 Å². The van der Waals surface area contributed by atoms with Gasteiger partial charge in [0.15, 0.2) is 6.54 Å². The van der Waals surface area contributed by atoms with Gasteiger partial charge in [-0.2, -0.15) is 0 Å². The smallest absolute Gasteiger partial charge is 0.321 e. The molecular weight excluding hydrogens is 364 g/mol. The monoisotopic (exact) mass is 394 g/mol. The Bertz CT molecular complexity index is 800. The number of piperazine rings is 1. The fourth-order valence-corrected chi connectivity index (χ4v) is 3.48. The number of carbonyl (C=O) groups is 2. The molecular formula is C23H30N4O2+2. The molecule has 1 heterocycles. The first-order valence-corrected chi connectivity index (χ1v) is 10.2.